The van der Waals surface area contributed by atoms with E-state index < -0.39 is 0 Å². The largest absolute Gasteiger partial charge is 0.467 e. The molecule has 1 N–H and O–H groups in total. The van der Waals surface area contributed by atoms with E-state index >= 15 is 0 Å². The molecule has 0 spiro atoms. The van der Waals surface area contributed by atoms with Gasteiger partial charge in [-0.3, -0.25) is 0 Å². The van der Waals surface area contributed by atoms with E-state index in [1.807, 2.05) is 18.2 Å². The smallest absolute Gasteiger partial charge is 0.126 e. The molecule has 3 rings (SSSR count). The fraction of sp³-hybridized carbons (Fsp3) is 0.500. The summed E-state index contributed by atoms with van der Waals surface area (Å²) < 4.78 is 11.9. The van der Waals surface area contributed by atoms with Crippen LogP contribution in [0.2, 0.25) is 4.34 Å². The van der Waals surface area contributed by atoms with Crippen molar-refractivity contribution in [2.24, 2.45) is 5.41 Å². The van der Waals surface area contributed by atoms with E-state index in [0.29, 0.717) is 0 Å². The summed E-state index contributed by atoms with van der Waals surface area (Å²) in [5, 5.41) is 3.66. The Morgan fingerprint density at radius 3 is 2.76 bits per heavy atom. The first-order valence-electron chi connectivity index (χ1n) is 7.26. The summed E-state index contributed by atoms with van der Waals surface area (Å²) in [5.41, 5.74) is 0.282. The number of thiophene rings is 1. The number of hydrogen-bond donors (Lipinski definition) is 1. The minimum absolute atomic E-state index is 0.0668. The molecule has 1 fully saturated rings. The average molecular weight is 326 g/mol. The highest BCUT2D eigenvalue weighted by Crippen LogP contribution is 2.34. The quantitative estimate of drug-likeness (QED) is 0.879. The molecule has 2 aromatic heterocycles. The Morgan fingerprint density at radius 2 is 2.14 bits per heavy atom. The van der Waals surface area contributed by atoms with Crippen molar-refractivity contribution in [3.05, 3.63) is 45.5 Å². The van der Waals surface area contributed by atoms with E-state index in [2.05, 4.69) is 18.3 Å². The van der Waals surface area contributed by atoms with E-state index in [-0.39, 0.29) is 11.5 Å². The second-order valence-electron chi connectivity index (χ2n) is 5.89. The zero-order valence-corrected chi connectivity index (χ0v) is 13.7. The third-order valence-electron chi connectivity index (χ3n) is 4.14. The Bertz CT molecular complexity index is 561. The molecule has 3 heterocycles. The lowest BCUT2D eigenvalue weighted by Crippen LogP contribution is -2.38. The summed E-state index contributed by atoms with van der Waals surface area (Å²) in [6.45, 7) is 4.98. The number of ether oxygens (including phenoxy) is 1. The van der Waals surface area contributed by atoms with Gasteiger partial charge < -0.3 is 14.5 Å². The van der Waals surface area contributed by atoms with E-state index in [4.69, 9.17) is 20.8 Å². The van der Waals surface area contributed by atoms with Crippen molar-refractivity contribution < 1.29 is 9.15 Å². The predicted octanol–water partition coefficient (Wildman–Crippen LogP) is 4.49. The summed E-state index contributed by atoms with van der Waals surface area (Å²) in [5.74, 6) is 0.934. The number of nitrogens with one attached hydrogen (secondary N) is 1. The van der Waals surface area contributed by atoms with Crippen molar-refractivity contribution in [1.29, 1.82) is 0 Å². The molecule has 0 aromatic carbocycles. The Morgan fingerprint density at radius 1 is 1.33 bits per heavy atom. The van der Waals surface area contributed by atoms with Crippen molar-refractivity contribution in [2.75, 3.05) is 19.8 Å². The molecule has 0 radical (unpaired) electrons. The van der Waals surface area contributed by atoms with E-state index in [1.165, 1.54) is 4.88 Å². The van der Waals surface area contributed by atoms with Crippen molar-refractivity contribution in [2.45, 2.75) is 25.8 Å². The summed E-state index contributed by atoms with van der Waals surface area (Å²) in [6, 6.07) is 8.01. The highest BCUT2D eigenvalue weighted by atomic mass is 35.5. The third kappa shape index (κ3) is 3.69. The Hall–Kier alpha value is -0.810. The zero-order chi connectivity index (χ0) is 14.7. The molecule has 0 saturated carbocycles. The first-order chi connectivity index (χ1) is 10.2. The molecule has 2 aromatic rings. The molecule has 1 aliphatic heterocycles. The van der Waals surface area contributed by atoms with Crippen molar-refractivity contribution in [3.63, 3.8) is 0 Å². The van der Waals surface area contributed by atoms with Crippen LogP contribution in [0.15, 0.2) is 34.9 Å². The highest BCUT2D eigenvalue weighted by Gasteiger charge is 2.29. The maximum atomic E-state index is 6.09. The van der Waals surface area contributed by atoms with Gasteiger partial charge in [-0.1, -0.05) is 18.5 Å². The minimum atomic E-state index is 0.0668. The monoisotopic (exact) mass is 325 g/mol. The van der Waals surface area contributed by atoms with Crippen LogP contribution in [0.5, 0.6) is 0 Å². The summed E-state index contributed by atoms with van der Waals surface area (Å²) >= 11 is 7.68. The molecule has 1 atom stereocenters. The maximum Gasteiger partial charge on any atom is 0.126 e. The van der Waals surface area contributed by atoms with Gasteiger partial charge in [0.25, 0.3) is 0 Å². The Balaban J connectivity index is 1.74. The lowest BCUT2D eigenvalue weighted by molar-refractivity contribution is 0.0231. The number of hydrogen-bond acceptors (Lipinski definition) is 4. The molecule has 1 aliphatic rings. The van der Waals surface area contributed by atoms with E-state index in [0.717, 1.165) is 42.7 Å². The Kier molecular flexibility index (Phi) is 4.69. The van der Waals surface area contributed by atoms with Gasteiger partial charge in [0.05, 0.1) is 10.6 Å². The van der Waals surface area contributed by atoms with Crippen molar-refractivity contribution in [1.82, 2.24) is 5.32 Å². The zero-order valence-electron chi connectivity index (χ0n) is 12.1. The molecule has 0 bridgehead atoms. The maximum absolute atomic E-state index is 6.09. The van der Waals surface area contributed by atoms with Crippen LogP contribution in [-0.2, 0) is 4.74 Å². The number of rotatable bonds is 5. The SMILES string of the molecule is CC1(CNC(c2ccco2)c2ccc(Cl)s2)CCOCC1. The molecule has 1 unspecified atom stereocenters. The molecular formula is C16H20ClNO2S. The number of furan rings is 1. The van der Waals surface area contributed by atoms with Gasteiger partial charge in [0.1, 0.15) is 11.8 Å². The second kappa shape index (κ2) is 6.53. The standard InChI is InChI=1S/C16H20ClNO2S/c1-16(6-9-19-10-7-16)11-18-15(12-3-2-8-20-12)13-4-5-14(17)21-13/h2-5,8,15,18H,6-7,9-11H2,1H3. The first-order valence-corrected chi connectivity index (χ1v) is 8.46. The van der Waals surface area contributed by atoms with Gasteiger partial charge >= 0.3 is 0 Å². The second-order valence-corrected chi connectivity index (χ2v) is 7.64. The van der Waals surface area contributed by atoms with Gasteiger partial charge in [-0.05, 0) is 42.5 Å². The topological polar surface area (TPSA) is 34.4 Å². The van der Waals surface area contributed by atoms with Gasteiger partial charge in [-0.25, -0.2) is 0 Å². The van der Waals surface area contributed by atoms with Crippen LogP contribution < -0.4 is 5.32 Å². The van der Waals surface area contributed by atoms with E-state index in [9.17, 15) is 0 Å². The molecule has 3 nitrogen and oxygen atoms in total. The Labute approximate surface area is 134 Å². The van der Waals surface area contributed by atoms with Crippen LogP contribution in [0.4, 0.5) is 0 Å². The van der Waals surface area contributed by atoms with Gasteiger partial charge in [-0.15, -0.1) is 11.3 Å². The molecule has 0 aliphatic carbocycles. The van der Waals surface area contributed by atoms with Crippen LogP contribution in [-0.4, -0.2) is 19.8 Å². The number of halogens is 1. The van der Waals surface area contributed by atoms with Crippen molar-refractivity contribution >= 4 is 22.9 Å². The van der Waals surface area contributed by atoms with Crippen LogP contribution in [0.3, 0.4) is 0 Å². The average Bonchev–Trinajstić information content (AvgIpc) is 3.12. The lowest BCUT2D eigenvalue weighted by Gasteiger charge is -2.34. The summed E-state index contributed by atoms with van der Waals surface area (Å²) in [4.78, 5) is 1.19. The van der Waals surface area contributed by atoms with Crippen LogP contribution in [0.25, 0.3) is 0 Å². The third-order valence-corrected chi connectivity index (χ3v) is 5.44. The summed E-state index contributed by atoms with van der Waals surface area (Å²) in [7, 11) is 0. The molecule has 0 amide bonds. The van der Waals surface area contributed by atoms with Gasteiger partial charge in [-0.2, -0.15) is 0 Å². The van der Waals surface area contributed by atoms with Gasteiger partial charge in [0, 0.05) is 24.6 Å². The molecule has 114 valence electrons. The van der Waals surface area contributed by atoms with Crippen molar-refractivity contribution in [3.8, 4) is 0 Å². The highest BCUT2D eigenvalue weighted by molar-refractivity contribution is 7.16. The molecule has 5 heteroatoms. The van der Waals surface area contributed by atoms with Crippen LogP contribution in [0.1, 0.15) is 36.4 Å². The molecule has 1 saturated heterocycles. The molecular weight excluding hydrogens is 306 g/mol. The molecule has 21 heavy (non-hydrogen) atoms. The van der Waals surface area contributed by atoms with Crippen LogP contribution in [0, 0.1) is 5.41 Å². The fourth-order valence-corrected chi connectivity index (χ4v) is 3.81. The summed E-state index contributed by atoms with van der Waals surface area (Å²) in [6.07, 6.45) is 3.90. The predicted molar refractivity (Wildman–Crippen MR) is 86.0 cm³/mol. The fourth-order valence-electron chi connectivity index (χ4n) is 2.67. The van der Waals surface area contributed by atoms with E-state index in [1.54, 1.807) is 17.6 Å². The minimum Gasteiger partial charge on any atom is -0.467 e. The lowest BCUT2D eigenvalue weighted by atomic mass is 9.82. The first kappa shape index (κ1) is 15.1. The van der Waals surface area contributed by atoms with Gasteiger partial charge in [0.2, 0.25) is 0 Å². The van der Waals surface area contributed by atoms with Gasteiger partial charge in [0.15, 0.2) is 0 Å². The normalized spacial score (nSPS) is 19.5. The van der Waals surface area contributed by atoms with Crippen LogP contribution >= 0.6 is 22.9 Å².